The van der Waals surface area contributed by atoms with Crippen molar-refractivity contribution in [3.05, 3.63) is 47.6 Å². The molecule has 23 heavy (non-hydrogen) atoms. The highest BCUT2D eigenvalue weighted by molar-refractivity contribution is 5.82. The summed E-state index contributed by atoms with van der Waals surface area (Å²) < 4.78 is 10.5. The number of carbonyl (C=O) groups excluding carboxylic acids is 1. The molecule has 1 fully saturated rings. The van der Waals surface area contributed by atoms with Gasteiger partial charge in [0, 0.05) is 33.0 Å². The average Bonchev–Trinajstić information content (AvgIpc) is 3.03. The molecule has 122 valence electrons. The van der Waals surface area contributed by atoms with Gasteiger partial charge in [0.15, 0.2) is 11.9 Å². The number of nitrogens with zero attached hydrogens (tertiary/aromatic N) is 3. The Morgan fingerprint density at radius 1 is 1.39 bits per heavy atom. The second kappa shape index (κ2) is 6.91. The van der Waals surface area contributed by atoms with Crippen LogP contribution in [0.1, 0.15) is 42.1 Å². The molecule has 1 aliphatic heterocycles. The molecule has 2 aromatic rings. The van der Waals surface area contributed by atoms with Gasteiger partial charge in [0.2, 0.25) is 5.89 Å². The lowest BCUT2D eigenvalue weighted by atomic mass is 9.96. The highest BCUT2D eigenvalue weighted by atomic mass is 16.5. The monoisotopic (exact) mass is 315 g/mol. The van der Waals surface area contributed by atoms with E-state index in [0.717, 1.165) is 24.9 Å². The van der Waals surface area contributed by atoms with Crippen molar-refractivity contribution in [2.75, 3.05) is 20.2 Å². The Kier molecular flexibility index (Phi) is 4.71. The van der Waals surface area contributed by atoms with E-state index in [-0.39, 0.29) is 11.8 Å². The lowest BCUT2D eigenvalue weighted by Crippen LogP contribution is -2.42. The van der Waals surface area contributed by atoms with Gasteiger partial charge >= 0.3 is 0 Å². The predicted molar refractivity (Wildman–Crippen MR) is 83.8 cm³/mol. The Morgan fingerprint density at radius 2 is 2.17 bits per heavy atom. The van der Waals surface area contributed by atoms with E-state index in [1.165, 1.54) is 0 Å². The summed E-state index contributed by atoms with van der Waals surface area (Å²) in [7, 11) is 1.57. The lowest BCUT2D eigenvalue weighted by molar-refractivity contribution is -0.143. The van der Waals surface area contributed by atoms with Gasteiger partial charge in [0.1, 0.15) is 0 Å². The fourth-order valence-electron chi connectivity index (χ4n) is 3.04. The van der Waals surface area contributed by atoms with Crippen molar-refractivity contribution < 1.29 is 14.1 Å². The number of rotatable bonds is 4. The Morgan fingerprint density at radius 3 is 2.83 bits per heavy atom. The lowest BCUT2D eigenvalue weighted by Gasteiger charge is -2.33. The fourth-order valence-corrected chi connectivity index (χ4v) is 3.04. The molecule has 0 saturated carbocycles. The maximum Gasteiger partial charge on any atom is 0.256 e. The number of aryl methyl sites for hydroxylation is 1. The highest BCUT2D eigenvalue weighted by Gasteiger charge is 2.32. The number of aromatic nitrogens is 2. The zero-order valence-electron chi connectivity index (χ0n) is 13.4. The largest absolute Gasteiger partial charge is 0.367 e. The third kappa shape index (κ3) is 3.42. The number of hydrogen-bond donors (Lipinski definition) is 0. The smallest absolute Gasteiger partial charge is 0.256 e. The molecule has 6 heteroatoms. The third-order valence-corrected chi connectivity index (χ3v) is 4.20. The summed E-state index contributed by atoms with van der Waals surface area (Å²) in [5.74, 6) is 1.36. The zero-order chi connectivity index (χ0) is 16.2. The van der Waals surface area contributed by atoms with Gasteiger partial charge in [-0.05, 0) is 18.4 Å². The van der Waals surface area contributed by atoms with E-state index in [0.29, 0.717) is 18.3 Å². The first-order valence-corrected chi connectivity index (χ1v) is 7.85. The minimum absolute atomic E-state index is 0.0105. The van der Waals surface area contributed by atoms with E-state index in [1.54, 1.807) is 14.0 Å². The van der Waals surface area contributed by atoms with E-state index in [1.807, 2.05) is 35.2 Å². The average molecular weight is 315 g/mol. The topological polar surface area (TPSA) is 68.5 Å². The molecule has 1 aromatic carbocycles. The van der Waals surface area contributed by atoms with Crippen LogP contribution >= 0.6 is 0 Å². The van der Waals surface area contributed by atoms with Crippen LogP contribution in [-0.4, -0.2) is 41.1 Å². The normalized spacial score (nSPS) is 19.6. The highest BCUT2D eigenvalue weighted by Crippen LogP contribution is 2.28. The number of methoxy groups -OCH3 is 1. The minimum atomic E-state index is -0.568. The second-order valence-electron chi connectivity index (χ2n) is 5.82. The number of benzene rings is 1. The third-order valence-electron chi connectivity index (χ3n) is 4.20. The van der Waals surface area contributed by atoms with Gasteiger partial charge in [-0.2, -0.15) is 4.98 Å². The minimum Gasteiger partial charge on any atom is -0.367 e. The van der Waals surface area contributed by atoms with Crippen LogP contribution in [0.25, 0.3) is 0 Å². The first-order valence-electron chi connectivity index (χ1n) is 7.85. The Bertz CT molecular complexity index is 656. The van der Waals surface area contributed by atoms with Gasteiger partial charge in [-0.3, -0.25) is 4.79 Å². The molecule has 0 bridgehead atoms. The molecule has 0 N–H and O–H groups in total. The Balaban J connectivity index is 1.73. The molecule has 1 aromatic heterocycles. The van der Waals surface area contributed by atoms with Crippen molar-refractivity contribution in [2.24, 2.45) is 0 Å². The van der Waals surface area contributed by atoms with Gasteiger partial charge < -0.3 is 14.2 Å². The van der Waals surface area contributed by atoms with Crippen molar-refractivity contribution >= 4 is 5.91 Å². The van der Waals surface area contributed by atoms with Crippen molar-refractivity contribution in [3.63, 3.8) is 0 Å². The van der Waals surface area contributed by atoms with E-state index < -0.39 is 6.10 Å². The first-order chi connectivity index (χ1) is 11.2. The standard InChI is InChI=1S/C17H21N3O3/c1-12-18-16(19-23-12)14-9-6-10-20(11-14)17(21)15(22-2)13-7-4-3-5-8-13/h3-5,7-8,14-15H,6,9-11H2,1-2H3/t14-,15-/m0/s1. The summed E-state index contributed by atoms with van der Waals surface area (Å²) in [6, 6.07) is 9.58. The molecule has 1 amide bonds. The quantitative estimate of drug-likeness (QED) is 0.867. The van der Waals surface area contributed by atoms with E-state index in [4.69, 9.17) is 9.26 Å². The van der Waals surface area contributed by atoms with Crippen molar-refractivity contribution in [1.29, 1.82) is 0 Å². The molecule has 0 aliphatic carbocycles. The summed E-state index contributed by atoms with van der Waals surface area (Å²) in [6.07, 6.45) is 1.32. The zero-order valence-corrected chi connectivity index (χ0v) is 13.4. The van der Waals surface area contributed by atoms with Gasteiger partial charge in [-0.1, -0.05) is 35.5 Å². The predicted octanol–water partition coefficient (Wildman–Crippen LogP) is 2.47. The molecule has 6 nitrogen and oxygen atoms in total. The molecule has 0 radical (unpaired) electrons. The van der Waals surface area contributed by atoms with Crippen LogP contribution in [-0.2, 0) is 9.53 Å². The van der Waals surface area contributed by atoms with E-state index in [9.17, 15) is 4.79 Å². The molecule has 3 rings (SSSR count). The molecule has 1 aliphatic rings. The van der Waals surface area contributed by atoms with Crippen LogP contribution in [0.15, 0.2) is 34.9 Å². The fraction of sp³-hybridized carbons (Fsp3) is 0.471. The van der Waals surface area contributed by atoms with Crippen LogP contribution in [0, 0.1) is 6.92 Å². The Hall–Kier alpha value is -2.21. The number of likely N-dealkylation sites (tertiary alicyclic amines) is 1. The maximum atomic E-state index is 12.8. The SMILES string of the molecule is CO[C@H](C(=O)N1CCC[C@H](c2noc(C)n2)C1)c1ccccc1. The number of hydrogen-bond acceptors (Lipinski definition) is 5. The summed E-state index contributed by atoms with van der Waals surface area (Å²) >= 11 is 0. The summed E-state index contributed by atoms with van der Waals surface area (Å²) in [5.41, 5.74) is 0.873. The van der Waals surface area contributed by atoms with Gasteiger partial charge in [0.05, 0.1) is 0 Å². The number of ether oxygens (including phenoxy) is 1. The molecule has 2 atom stereocenters. The van der Waals surface area contributed by atoms with Crippen molar-refractivity contribution in [3.8, 4) is 0 Å². The number of carbonyl (C=O) groups is 1. The Labute approximate surface area is 135 Å². The molecule has 0 spiro atoms. The van der Waals surface area contributed by atoms with Gasteiger partial charge in [-0.25, -0.2) is 0 Å². The molecule has 1 saturated heterocycles. The van der Waals surface area contributed by atoms with Crippen LogP contribution in [0.2, 0.25) is 0 Å². The maximum absolute atomic E-state index is 12.8. The van der Waals surface area contributed by atoms with E-state index >= 15 is 0 Å². The second-order valence-corrected chi connectivity index (χ2v) is 5.82. The first kappa shape index (κ1) is 15.7. The molecule has 0 unspecified atom stereocenters. The van der Waals surface area contributed by atoms with Crippen LogP contribution in [0.4, 0.5) is 0 Å². The summed E-state index contributed by atoms with van der Waals surface area (Å²) in [5, 5.41) is 4.00. The van der Waals surface area contributed by atoms with Crippen molar-refractivity contribution in [1.82, 2.24) is 15.0 Å². The molecule has 2 heterocycles. The molecular weight excluding hydrogens is 294 g/mol. The molecular formula is C17H21N3O3. The summed E-state index contributed by atoms with van der Waals surface area (Å²) in [4.78, 5) is 19.0. The van der Waals surface area contributed by atoms with Gasteiger partial charge in [-0.15, -0.1) is 0 Å². The van der Waals surface area contributed by atoms with Crippen LogP contribution in [0.5, 0.6) is 0 Å². The van der Waals surface area contributed by atoms with Crippen molar-refractivity contribution in [2.45, 2.75) is 31.8 Å². The van der Waals surface area contributed by atoms with Gasteiger partial charge in [0.25, 0.3) is 5.91 Å². The van der Waals surface area contributed by atoms with Crippen LogP contribution < -0.4 is 0 Å². The van der Waals surface area contributed by atoms with Crippen LogP contribution in [0.3, 0.4) is 0 Å². The number of amides is 1. The van der Waals surface area contributed by atoms with E-state index in [2.05, 4.69) is 10.1 Å². The number of piperidine rings is 1. The summed E-state index contributed by atoms with van der Waals surface area (Å²) in [6.45, 7) is 3.11.